The first-order chi connectivity index (χ1) is 15.1. The fourth-order valence-electron chi connectivity index (χ4n) is 2.79. The number of ether oxygens (including phenoxy) is 2. The lowest BCUT2D eigenvalue weighted by Crippen LogP contribution is -2.20. The zero-order valence-corrected chi connectivity index (χ0v) is 19.7. The van der Waals surface area contributed by atoms with E-state index in [1.807, 2.05) is 54.0 Å². The topological polar surface area (TPSA) is 90.6 Å². The predicted octanol–water partition coefficient (Wildman–Crippen LogP) is 3.99. The number of hydrogen-bond acceptors (Lipinski definition) is 7. The molecule has 0 atom stereocenters. The number of benzene rings is 2. The average molecular weight is 504 g/mol. The fraction of sp³-hybridized carbons (Fsp3) is 0.238. The van der Waals surface area contributed by atoms with Gasteiger partial charge in [-0.2, -0.15) is 5.10 Å². The van der Waals surface area contributed by atoms with Crippen molar-refractivity contribution in [3.05, 3.63) is 52.5 Å². The summed E-state index contributed by atoms with van der Waals surface area (Å²) in [5.74, 6) is 1.88. The van der Waals surface area contributed by atoms with Gasteiger partial charge in [0.1, 0.15) is 0 Å². The van der Waals surface area contributed by atoms with Gasteiger partial charge in [-0.05, 0) is 31.2 Å². The van der Waals surface area contributed by atoms with Crippen LogP contribution in [0.1, 0.15) is 12.5 Å². The van der Waals surface area contributed by atoms with Gasteiger partial charge in [0, 0.05) is 22.1 Å². The summed E-state index contributed by atoms with van der Waals surface area (Å²) >= 11 is 4.74. The van der Waals surface area contributed by atoms with Crippen molar-refractivity contribution in [3.63, 3.8) is 0 Å². The zero-order chi connectivity index (χ0) is 22.2. The highest BCUT2D eigenvalue weighted by Gasteiger charge is 2.16. The van der Waals surface area contributed by atoms with Crippen LogP contribution in [0.4, 0.5) is 0 Å². The molecule has 0 spiro atoms. The fourth-order valence-corrected chi connectivity index (χ4v) is 3.97. The van der Waals surface area contributed by atoms with E-state index >= 15 is 0 Å². The quantitative estimate of drug-likeness (QED) is 0.269. The van der Waals surface area contributed by atoms with E-state index < -0.39 is 0 Å². The molecule has 0 aliphatic rings. The normalized spacial score (nSPS) is 11.0. The molecule has 0 bridgehead atoms. The molecule has 1 aromatic heterocycles. The second kappa shape index (κ2) is 11.0. The maximum atomic E-state index is 12.2. The number of hydrazone groups is 1. The van der Waals surface area contributed by atoms with Gasteiger partial charge in [0.25, 0.3) is 5.91 Å². The van der Waals surface area contributed by atoms with E-state index in [1.54, 1.807) is 20.4 Å². The summed E-state index contributed by atoms with van der Waals surface area (Å²) in [6.45, 7) is 2.65. The van der Waals surface area contributed by atoms with Gasteiger partial charge in [-0.3, -0.25) is 4.79 Å². The molecule has 0 radical (unpaired) electrons. The van der Waals surface area contributed by atoms with E-state index in [-0.39, 0.29) is 11.7 Å². The maximum Gasteiger partial charge on any atom is 0.250 e. The maximum absolute atomic E-state index is 12.2. The first-order valence-corrected chi connectivity index (χ1v) is 11.2. The number of methoxy groups -OCH3 is 2. The van der Waals surface area contributed by atoms with Gasteiger partial charge < -0.3 is 14.0 Å². The number of halogens is 1. The Morgan fingerprint density at radius 2 is 1.97 bits per heavy atom. The summed E-state index contributed by atoms with van der Waals surface area (Å²) in [7, 11) is 3.18. The predicted molar refractivity (Wildman–Crippen MR) is 125 cm³/mol. The summed E-state index contributed by atoms with van der Waals surface area (Å²) in [5.41, 5.74) is 4.26. The molecule has 3 aromatic rings. The Morgan fingerprint density at radius 1 is 1.19 bits per heavy atom. The number of thioether (sulfide) groups is 1. The van der Waals surface area contributed by atoms with Crippen molar-refractivity contribution in [3.8, 4) is 22.9 Å². The zero-order valence-electron chi connectivity index (χ0n) is 17.3. The molecule has 0 aliphatic carbocycles. The smallest absolute Gasteiger partial charge is 0.250 e. The van der Waals surface area contributed by atoms with Crippen LogP contribution in [0.25, 0.3) is 11.4 Å². The minimum atomic E-state index is -0.230. The third-order valence-corrected chi connectivity index (χ3v) is 5.99. The Bertz CT molecular complexity index is 1090. The van der Waals surface area contributed by atoms with Crippen molar-refractivity contribution >= 4 is 39.8 Å². The summed E-state index contributed by atoms with van der Waals surface area (Å²) < 4.78 is 13.5. The molecular formula is C21H22BrN5O3S. The van der Waals surface area contributed by atoms with Gasteiger partial charge >= 0.3 is 0 Å². The van der Waals surface area contributed by atoms with Crippen molar-refractivity contribution in [2.45, 2.75) is 18.6 Å². The molecule has 10 heteroatoms. The van der Waals surface area contributed by atoms with Crippen molar-refractivity contribution < 1.29 is 14.3 Å². The molecule has 0 saturated carbocycles. The van der Waals surface area contributed by atoms with Crippen molar-refractivity contribution in [1.29, 1.82) is 0 Å². The van der Waals surface area contributed by atoms with Gasteiger partial charge in [-0.25, -0.2) is 5.43 Å². The molecule has 1 heterocycles. The second-order valence-electron chi connectivity index (χ2n) is 6.22. The molecule has 0 saturated heterocycles. The lowest BCUT2D eigenvalue weighted by Gasteiger charge is -2.10. The number of carbonyl (C=O) groups excluding carboxylic acids is 1. The molecule has 31 heavy (non-hydrogen) atoms. The van der Waals surface area contributed by atoms with Crippen LogP contribution in [0.15, 0.2) is 57.2 Å². The number of aromatic nitrogens is 3. The van der Waals surface area contributed by atoms with Gasteiger partial charge in [0.2, 0.25) is 0 Å². The van der Waals surface area contributed by atoms with Crippen molar-refractivity contribution in [1.82, 2.24) is 20.2 Å². The largest absolute Gasteiger partial charge is 0.493 e. The highest BCUT2D eigenvalue weighted by atomic mass is 79.9. The minimum Gasteiger partial charge on any atom is -0.493 e. The number of hydrogen-bond donors (Lipinski definition) is 1. The number of rotatable bonds is 9. The molecule has 3 rings (SSSR count). The van der Waals surface area contributed by atoms with Crippen LogP contribution < -0.4 is 14.9 Å². The van der Waals surface area contributed by atoms with Crippen LogP contribution in [-0.2, 0) is 11.3 Å². The van der Waals surface area contributed by atoms with Crippen LogP contribution >= 0.6 is 27.7 Å². The van der Waals surface area contributed by atoms with Gasteiger partial charge in [0.05, 0.1) is 26.2 Å². The summed E-state index contributed by atoms with van der Waals surface area (Å²) in [5, 5.41) is 13.2. The highest BCUT2D eigenvalue weighted by Crippen LogP contribution is 2.32. The summed E-state index contributed by atoms with van der Waals surface area (Å²) in [6, 6.07) is 13.2. The highest BCUT2D eigenvalue weighted by molar-refractivity contribution is 9.10. The van der Waals surface area contributed by atoms with Crippen LogP contribution in [0, 0.1) is 0 Å². The third-order valence-electron chi connectivity index (χ3n) is 4.31. The summed E-state index contributed by atoms with van der Waals surface area (Å²) in [4.78, 5) is 12.2. The SMILES string of the molecule is CCn1c(SCC(=O)NN=Cc2ccccc2Br)nnc1-c1ccc(OC)c(OC)c1. The van der Waals surface area contributed by atoms with Gasteiger partial charge in [0.15, 0.2) is 22.5 Å². The molecule has 8 nitrogen and oxygen atoms in total. The number of nitrogens with one attached hydrogen (secondary N) is 1. The Balaban J connectivity index is 1.66. The van der Waals surface area contributed by atoms with Crippen LogP contribution in [0.5, 0.6) is 11.5 Å². The first-order valence-electron chi connectivity index (χ1n) is 9.42. The summed E-state index contributed by atoms with van der Waals surface area (Å²) in [6.07, 6.45) is 1.59. The van der Waals surface area contributed by atoms with Crippen LogP contribution in [0.2, 0.25) is 0 Å². The minimum absolute atomic E-state index is 0.164. The first kappa shape index (κ1) is 22.8. The van der Waals surface area contributed by atoms with Crippen molar-refractivity contribution in [2.24, 2.45) is 5.10 Å². The molecule has 0 aliphatic heterocycles. The molecular weight excluding hydrogens is 482 g/mol. The Kier molecular flexibility index (Phi) is 8.07. The van der Waals surface area contributed by atoms with E-state index in [9.17, 15) is 4.79 Å². The van der Waals surface area contributed by atoms with E-state index in [1.165, 1.54) is 11.8 Å². The Labute approximate surface area is 193 Å². The number of nitrogens with zero attached hydrogens (tertiary/aromatic N) is 4. The van der Waals surface area contributed by atoms with E-state index in [4.69, 9.17) is 9.47 Å². The monoisotopic (exact) mass is 503 g/mol. The van der Waals surface area contributed by atoms with Gasteiger partial charge in [-0.15, -0.1) is 10.2 Å². The lowest BCUT2D eigenvalue weighted by atomic mass is 10.2. The number of carbonyl (C=O) groups is 1. The number of amides is 1. The molecule has 162 valence electrons. The second-order valence-corrected chi connectivity index (χ2v) is 8.02. The van der Waals surface area contributed by atoms with E-state index in [0.717, 1.165) is 15.6 Å². The lowest BCUT2D eigenvalue weighted by molar-refractivity contribution is -0.118. The Morgan fingerprint density at radius 3 is 2.68 bits per heavy atom. The molecule has 1 amide bonds. The van der Waals surface area contributed by atoms with Gasteiger partial charge in [-0.1, -0.05) is 45.9 Å². The molecule has 1 N–H and O–H groups in total. The third kappa shape index (κ3) is 5.65. The molecule has 2 aromatic carbocycles. The Hall–Kier alpha value is -2.85. The molecule has 0 fully saturated rings. The van der Waals surface area contributed by atoms with Crippen molar-refractivity contribution in [2.75, 3.05) is 20.0 Å². The van der Waals surface area contributed by atoms with E-state index in [0.29, 0.717) is 29.0 Å². The standard InChI is InChI=1S/C21H22BrN5O3S/c1-4-27-20(14-9-10-17(29-2)18(11-14)30-3)25-26-21(27)31-13-19(28)24-23-12-15-7-5-6-8-16(15)22/h5-12H,4,13H2,1-3H3,(H,24,28). The van der Waals surface area contributed by atoms with Crippen LogP contribution in [0.3, 0.4) is 0 Å². The molecule has 0 unspecified atom stereocenters. The van der Waals surface area contributed by atoms with Crippen LogP contribution in [-0.4, -0.2) is 46.9 Å². The average Bonchev–Trinajstić information content (AvgIpc) is 3.21. The van der Waals surface area contributed by atoms with E-state index in [2.05, 4.69) is 36.7 Å².